The fraction of sp³-hybridized carbons (Fsp3) is 0.346. The third kappa shape index (κ3) is 5.04. The molecule has 1 saturated heterocycles. The zero-order valence-corrected chi connectivity index (χ0v) is 21.0. The van der Waals surface area contributed by atoms with Crippen LogP contribution in [0.15, 0.2) is 70.9 Å². The van der Waals surface area contributed by atoms with Gasteiger partial charge in [-0.2, -0.15) is 4.31 Å². The molecule has 1 aromatic heterocycles. The second-order valence-electron chi connectivity index (χ2n) is 8.93. The Morgan fingerprint density at radius 2 is 1.80 bits per heavy atom. The van der Waals surface area contributed by atoms with Crippen LogP contribution < -0.4 is 0 Å². The molecule has 35 heavy (non-hydrogen) atoms. The van der Waals surface area contributed by atoms with Crippen molar-refractivity contribution in [3.8, 4) is 0 Å². The summed E-state index contributed by atoms with van der Waals surface area (Å²) in [4.78, 5) is 18.8. The van der Waals surface area contributed by atoms with Gasteiger partial charge in [-0.05, 0) is 59.7 Å². The second kappa shape index (κ2) is 10.2. The number of carbonyl (C=O) groups excluding carboxylic acids is 1. The number of fused-ring (bicyclic) bond motifs is 1. The molecule has 0 radical (unpaired) electrons. The molecule has 9 heteroatoms. The van der Waals surface area contributed by atoms with Crippen LogP contribution in [-0.4, -0.2) is 67.7 Å². The summed E-state index contributed by atoms with van der Waals surface area (Å²) in [5, 5.41) is 2.05. The van der Waals surface area contributed by atoms with E-state index in [1.807, 2.05) is 6.07 Å². The van der Waals surface area contributed by atoms with Gasteiger partial charge in [0.25, 0.3) is 0 Å². The summed E-state index contributed by atoms with van der Waals surface area (Å²) in [5.41, 5.74) is 1.98. The van der Waals surface area contributed by atoms with Gasteiger partial charge < -0.3 is 4.90 Å². The molecule has 0 N–H and O–H groups in total. The smallest absolute Gasteiger partial charge is 0.243 e. The number of rotatable bonds is 5. The molecule has 1 amide bonds. The molecule has 0 saturated carbocycles. The van der Waals surface area contributed by atoms with Crippen LogP contribution in [0.25, 0.3) is 0 Å². The zero-order chi connectivity index (χ0) is 24.4. The minimum absolute atomic E-state index is 0.0240. The number of hydrogen-bond donors (Lipinski definition) is 0. The van der Waals surface area contributed by atoms with Crippen LogP contribution in [0.5, 0.6) is 0 Å². The number of nitrogens with zero attached hydrogens (tertiary/aromatic N) is 3. The summed E-state index contributed by atoms with van der Waals surface area (Å²) in [6.45, 7) is 2.44. The molecule has 6 nitrogen and oxygen atoms in total. The highest BCUT2D eigenvalue weighted by Crippen LogP contribution is 2.37. The van der Waals surface area contributed by atoms with Gasteiger partial charge in [-0.1, -0.05) is 30.3 Å². The van der Waals surface area contributed by atoms with Crippen molar-refractivity contribution >= 4 is 27.3 Å². The van der Waals surface area contributed by atoms with Crippen LogP contribution in [0.2, 0.25) is 0 Å². The van der Waals surface area contributed by atoms with Crippen LogP contribution in [-0.2, 0) is 21.2 Å². The molecule has 3 aromatic rings. The molecular formula is C26H28FN3O3S2. The molecule has 1 unspecified atom stereocenters. The summed E-state index contributed by atoms with van der Waals surface area (Å²) >= 11 is 1.70. The lowest BCUT2D eigenvalue weighted by molar-refractivity contribution is -0.132. The maximum atomic E-state index is 14.1. The van der Waals surface area contributed by atoms with Crippen LogP contribution in [0.1, 0.15) is 28.5 Å². The molecule has 0 aliphatic carbocycles. The fourth-order valence-electron chi connectivity index (χ4n) is 5.00. The van der Waals surface area contributed by atoms with Crippen LogP contribution in [0.4, 0.5) is 4.39 Å². The van der Waals surface area contributed by atoms with E-state index in [0.717, 1.165) is 17.5 Å². The quantitative estimate of drug-likeness (QED) is 0.521. The van der Waals surface area contributed by atoms with Gasteiger partial charge in [0.2, 0.25) is 15.9 Å². The van der Waals surface area contributed by atoms with Gasteiger partial charge in [0, 0.05) is 37.6 Å². The Labute approximate surface area is 209 Å². The van der Waals surface area contributed by atoms with Crippen molar-refractivity contribution < 1.29 is 17.6 Å². The zero-order valence-electron chi connectivity index (χ0n) is 19.3. The van der Waals surface area contributed by atoms with E-state index in [1.54, 1.807) is 58.7 Å². The van der Waals surface area contributed by atoms with Crippen LogP contribution in [0, 0.1) is 5.82 Å². The first kappa shape index (κ1) is 24.1. The third-order valence-electron chi connectivity index (χ3n) is 6.76. The number of thiophene rings is 1. The first-order valence-corrected chi connectivity index (χ1v) is 14.1. The lowest BCUT2D eigenvalue weighted by atomic mass is 9.93. The number of carbonyl (C=O) groups is 1. The van der Waals surface area contributed by atoms with Crippen molar-refractivity contribution in [1.82, 2.24) is 14.1 Å². The minimum atomic E-state index is -3.59. The van der Waals surface area contributed by atoms with E-state index >= 15 is 0 Å². The topological polar surface area (TPSA) is 60.9 Å². The van der Waals surface area contributed by atoms with Gasteiger partial charge in [0.15, 0.2) is 0 Å². The van der Waals surface area contributed by atoms with E-state index in [1.165, 1.54) is 15.2 Å². The highest BCUT2D eigenvalue weighted by atomic mass is 32.2. The normalized spacial score (nSPS) is 19.8. The lowest BCUT2D eigenvalue weighted by Gasteiger charge is -2.37. The standard InChI is InChI=1S/C26H28FN3O3S2/c27-21-7-4-6-20(18-21)26-23-11-17-34-24(23)10-14-29(26)19-25(31)28-12-5-13-30(16-15-28)35(32,33)22-8-2-1-3-9-22/h1-4,6-9,11,17-18,26H,5,10,12-16,19H2. The Hall–Kier alpha value is -2.59. The van der Waals surface area contributed by atoms with E-state index in [2.05, 4.69) is 16.3 Å². The summed E-state index contributed by atoms with van der Waals surface area (Å²) in [7, 11) is -3.59. The minimum Gasteiger partial charge on any atom is -0.340 e. The second-order valence-corrected chi connectivity index (χ2v) is 11.9. The Morgan fingerprint density at radius 3 is 2.60 bits per heavy atom. The van der Waals surface area contributed by atoms with Crippen molar-refractivity contribution in [2.75, 3.05) is 39.3 Å². The molecule has 5 rings (SSSR count). The molecule has 1 atom stereocenters. The van der Waals surface area contributed by atoms with Gasteiger partial charge in [0.05, 0.1) is 17.5 Å². The maximum Gasteiger partial charge on any atom is 0.243 e. The fourth-order valence-corrected chi connectivity index (χ4v) is 7.40. The van der Waals surface area contributed by atoms with Gasteiger partial charge in [0.1, 0.15) is 5.82 Å². The molecule has 184 valence electrons. The van der Waals surface area contributed by atoms with E-state index in [4.69, 9.17) is 0 Å². The predicted molar refractivity (Wildman–Crippen MR) is 134 cm³/mol. The van der Waals surface area contributed by atoms with Crippen molar-refractivity contribution in [3.63, 3.8) is 0 Å². The summed E-state index contributed by atoms with van der Waals surface area (Å²) < 4.78 is 41.6. The van der Waals surface area contributed by atoms with Crippen molar-refractivity contribution in [2.45, 2.75) is 23.8 Å². The van der Waals surface area contributed by atoms with Crippen LogP contribution >= 0.6 is 11.3 Å². The van der Waals surface area contributed by atoms with Crippen molar-refractivity contribution in [1.29, 1.82) is 0 Å². The van der Waals surface area contributed by atoms with E-state index in [0.29, 0.717) is 32.6 Å². The highest BCUT2D eigenvalue weighted by molar-refractivity contribution is 7.89. The Morgan fingerprint density at radius 1 is 0.971 bits per heavy atom. The van der Waals surface area contributed by atoms with Crippen molar-refractivity contribution in [3.05, 3.63) is 87.9 Å². The van der Waals surface area contributed by atoms with Gasteiger partial charge in [-0.3, -0.25) is 9.69 Å². The first-order valence-electron chi connectivity index (χ1n) is 11.8. The maximum absolute atomic E-state index is 14.1. The first-order chi connectivity index (χ1) is 16.9. The number of amides is 1. The summed E-state index contributed by atoms with van der Waals surface area (Å²) in [6.07, 6.45) is 1.44. The molecule has 2 aliphatic rings. The Balaban J connectivity index is 1.30. The largest absolute Gasteiger partial charge is 0.340 e. The lowest BCUT2D eigenvalue weighted by Crippen LogP contribution is -2.45. The Kier molecular flexibility index (Phi) is 7.02. The van der Waals surface area contributed by atoms with Gasteiger partial charge in [-0.25, -0.2) is 12.8 Å². The van der Waals surface area contributed by atoms with E-state index < -0.39 is 10.0 Å². The monoisotopic (exact) mass is 513 g/mol. The predicted octanol–water partition coefficient (Wildman–Crippen LogP) is 3.76. The average Bonchev–Trinajstić information content (AvgIpc) is 3.19. The van der Waals surface area contributed by atoms with E-state index in [-0.39, 0.29) is 35.8 Å². The molecular weight excluding hydrogens is 485 g/mol. The number of sulfonamides is 1. The van der Waals surface area contributed by atoms with Gasteiger partial charge >= 0.3 is 0 Å². The SMILES string of the molecule is O=C(CN1CCc2sccc2C1c1cccc(F)c1)N1CCCN(S(=O)(=O)c2ccccc2)CC1. The number of halogens is 1. The number of benzene rings is 2. The van der Waals surface area contributed by atoms with Crippen molar-refractivity contribution in [2.24, 2.45) is 0 Å². The summed E-state index contributed by atoms with van der Waals surface area (Å²) in [5.74, 6) is -0.313. The molecule has 2 aromatic carbocycles. The van der Waals surface area contributed by atoms with Gasteiger partial charge in [-0.15, -0.1) is 11.3 Å². The molecule has 1 fully saturated rings. The molecule has 3 heterocycles. The Bertz CT molecular complexity index is 1300. The summed E-state index contributed by atoms with van der Waals surface area (Å²) in [6, 6.07) is 16.9. The van der Waals surface area contributed by atoms with E-state index in [9.17, 15) is 17.6 Å². The molecule has 0 bridgehead atoms. The average molecular weight is 514 g/mol. The highest BCUT2D eigenvalue weighted by Gasteiger charge is 2.33. The number of hydrogen-bond acceptors (Lipinski definition) is 5. The van der Waals surface area contributed by atoms with Crippen LogP contribution in [0.3, 0.4) is 0 Å². The molecule has 2 aliphatic heterocycles. The molecule has 0 spiro atoms. The third-order valence-corrected chi connectivity index (χ3v) is 9.67.